The Labute approximate surface area is 135 Å². The van der Waals surface area contributed by atoms with E-state index in [1.165, 1.54) is 6.92 Å². The van der Waals surface area contributed by atoms with Gasteiger partial charge in [-0.25, -0.2) is 0 Å². The quantitative estimate of drug-likeness (QED) is 0.655. The Balaban J connectivity index is 0.00000220. The third-order valence-electron chi connectivity index (χ3n) is 3.03. The van der Waals surface area contributed by atoms with Crippen molar-refractivity contribution >= 4 is 5.97 Å². The molecule has 2 atom stereocenters. The van der Waals surface area contributed by atoms with Crippen molar-refractivity contribution in [3.8, 4) is 0 Å². The first-order valence-corrected chi connectivity index (χ1v) is 6.47. The third-order valence-corrected chi connectivity index (χ3v) is 3.03. The van der Waals surface area contributed by atoms with Crippen LogP contribution >= 0.6 is 0 Å². The molecule has 1 radical (unpaired) electrons. The van der Waals surface area contributed by atoms with Gasteiger partial charge in [0.1, 0.15) is 0 Å². The van der Waals surface area contributed by atoms with Crippen LogP contribution in [0.2, 0.25) is 0 Å². The molecule has 0 aliphatic carbocycles. The fourth-order valence-corrected chi connectivity index (χ4v) is 2.02. The zero-order chi connectivity index (χ0) is 14.4. The molecule has 2 aromatic rings. The molecule has 4 nitrogen and oxygen atoms in total. The van der Waals surface area contributed by atoms with Crippen LogP contribution in [0.1, 0.15) is 30.1 Å². The summed E-state index contributed by atoms with van der Waals surface area (Å²) in [6.45, 7) is 1.35. The molecule has 0 saturated carbocycles. The molecule has 0 saturated heterocycles. The van der Waals surface area contributed by atoms with Gasteiger partial charge in [-0.2, -0.15) is 0 Å². The molecule has 5 heteroatoms. The number of nitrogens with two attached hydrogens (primary N) is 1. The summed E-state index contributed by atoms with van der Waals surface area (Å²) in [4.78, 5) is 15.9. The van der Waals surface area contributed by atoms with Crippen molar-refractivity contribution < 1.29 is 26.7 Å². The fourth-order valence-electron chi connectivity index (χ4n) is 2.02. The molecule has 0 fully saturated rings. The maximum absolute atomic E-state index is 11.0. The molecule has 0 bridgehead atoms. The number of hydrogen-bond donors (Lipinski definition) is 2. The van der Waals surface area contributed by atoms with Crippen molar-refractivity contribution in [2.45, 2.75) is 19.0 Å². The average molecular weight is 325 g/mol. The predicted octanol–water partition coefficient (Wildman–Crippen LogP) is 2.49. The molecular formula is C16H18MnN2O2. The molecule has 3 N–H and O–H groups in total. The van der Waals surface area contributed by atoms with Crippen LogP contribution in [-0.4, -0.2) is 5.97 Å². The van der Waals surface area contributed by atoms with Gasteiger partial charge in [0.15, 0.2) is 0 Å². The Morgan fingerprint density at radius 2 is 1.48 bits per heavy atom. The second kappa shape index (κ2) is 8.60. The number of hydroxylamine groups is 1. The van der Waals surface area contributed by atoms with Crippen molar-refractivity contribution in [3.05, 3.63) is 71.8 Å². The molecule has 2 unspecified atom stereocenters. The van der Waals surface area contributed by atoms with E-state index < -0.39 is 5.97 Å². The van der Waals surface area contributed by atoms with Crippen LogP contribution in [-0.2, 0) is 26.7 Å². The molecule has 0 aliphatic heterocycles. The van der Waals surface area contributed by atoms with Crippen LogP contribution < -0.4 is 11.2 Å². The Kier molecular flexibility index (Phi) is 7.12. The summed E-state index contributed by atoms with van der Waals surface area (Å²) in [6, 6.07) is 18.8. The molecular weight excluding hydrogens is 307 g/mol. The molecule has 2 aromatic carbocycles. The summed E-state index contributed by atoms with van der Waals surface area (Å²) in [6.07, 6.45) is 0. The maximum atomic E-state index is 11.0. The number of nitrogens with one attached hydrogen (secondary N) is 1. The number of benzene rings is 2. The van der Waals surface area contributed by atoms with E-state index in [4.69, 9.17) is 10.6 Å². The summed E-state index contributed by atoms with van der Waals surface area (Å²) in [7, 11) is 0. The van der Waals surface area contributed by atoms with E-state index in [0.29, 0.717) is 0 Å². The van der Waals surface area contributed by atoms with Gasteiger partial charge in [-0.15, -0.1) is 5.48 Å². The number of hydrogen-bond acceptors (Lipinski definition) is 4. The fraction of sp³-hybridized carbons (Fsp3) is 0.188. The van der Waals surface area contributed by atoms with E-state index in [1.807, 2.05) is 60.7 Å². The standard InChI is InChI=1S/C16H18N2O2.Mn/c1-12(19)20-18-16(14-10-6-3-7-11-14)15(17)13-8-4-2-5-9-13;/h2-11,15-16,18H,17H2,1H3;. The number of carbonyl (C=O) groups is 1. The number of rotatable bonds is 5. The van der Waals surface area contributed by atoms with Gasteiger partial charge in [0.2, 0.25) is 0 Å². The van der Waals surface area contributed by atoms with E-state index >= 15 is 0 Å². The zero-order valence-electron chi connectivity index (χ0n) is 11.7. The zero-order valence-corrected chi connectivity index (χ0v) is 12.9. The van der Waals surface area contributed by atoms with Crippen LogP contribution in [0.3, 0.4) is 0 Å². The van der Waals surface area contributed by atoms with Crippen molar-refractivity contribution in [2.24, 2.45) is 5.73 Å². The minimum atomic E-state index is -0.397. The number of carbonyl (C=O) groups excluding carboxylic acids is 1. The van der Waals surface area contributed by atoms with Gasteiger partial charge in [-0.3, -0.25) is 4.79 Å². The Morgan fingerprint density at radius 3 is 1.95 bits per heavy atom. The molecule has 21 heavy (non-hydrogen) atoms. The first kappa shape index (κ1) is 17.4. The van der Waals surface area contributed by atoms with Crippen molar-refractivity contribution in [1.82, 2.24) is 5.48 Å². The summed E-state index contributed by atoms with van der Waals surface area (Å²) in [5.74, 6) is -0.397. The molecule has 0 aromatic heterocycles. The SMILES string of the molecule is CC(=O)ONC(c1ccccc1)C(N)c1ccccc1.[Mn]. The van der Waals surface area contributed by atoms with Crippen LogP contribution in [0.4, 0.5) is 0 Å². The smallest absolute Gasteiger partial charge is 0.321 e. The Hall–Kier alpha value is -1.65. The predicted molar refractivity (Wildman–Crippen MR) is 77.5 cm³/mol. The minimum absolute atomic E-state index is 0. The van der Waals surface area contributed by atoms with Crippen molar-refractivity contribution in [2.75, 3.05) is 0 Å². The van der Waals surface area contributed by atoms with E-state index in [-0.39, 0.29) is 29.2 Å². The summed E-state index contributed by atoms with van der Waals surface area (Å²) in [5.41, 5.74) is 11.0. The Morgan fingerprint density at radius 1 is 1.00 bits per heavy atom. The largest absolute Gasteiger partial charge is 0.370 e. The monoisotopic (exact) mass is 325 g/mol. The van der Waals surface area contributed by atoms with E-state index in [1.54, 1.807) is 0 Å². The summed E-state index contributed by atoms with van der Waals surface area (Å²) >= 11 is 0. The van der Waals surface area contributed by atoms with Crippen LogP contribution in [0.25, 0.3) is 0 Å². The average Bonchev–Trinajstić information content (AvgIpc) is 2.49. The van der Waals surface area contributed by atoms with E-state index in [9.17, 15) is 4.79 Å². The second-order valence-electron chi connectivity index (χ2n) is 4.54. The molecule has 2 rings (SSSR count). The second-order valence-corrected chi connectivity index (χ2v) is 4.54. The Bertz CT molecular complexity index is 549. The van der Waals surface area contributed by atoms with Gasteiger partial charge in [0, 0.05) is 24.0 Å². The van der Waals surface area contributed by atoms with Crippen LogP contribution in [0, 0.1) is 0 Å². The normalized spacial score (nSPS) is 12.9. The topological polar surface area (TPSA) is 64.3 Å². The summed E-state index contributed by atoms with van der Waals surface area (Å²) in [5, 5.41) is 0. The first-order chi connectivity index (χ1) is 9.68. The van der Waals surface area contributed by atoms with Crippen molar-refractivity contribution in [3.63, 3.8) is 0 Å². The van der Waals surface area contributed by atoms with Gasteiger partial charge >= 0.3 is 5.97 Å². The van der Waals surface area contributed by atoms with Gasteiger partial charge in [0.25, 0.3) is 0 Å². The maximum Gasteiger partial charge on any atom is 0.321 e. The molecule has 111 valence electrons. The van der Waals surface area contributed by atoms with Gasteiger partial charge < -0.3 is 10.6 Å². The molecule has 0 heterocycles. The minimum Gasteiger partial charge on any atom is -0.370 e. The van der Waals surface area contributed by atoms with Crippen LogP contribution in [0.5, 0.6) is 0 Å². The first-order valence-electron chi connectivity index (χ1n) is 6.47. The van der Waals surface area contributed by atoms with Crippen molar-refractivity contribution in [1.29, 1.82) is 0 Å². The third kappa shape index (κ3) is 4.99. The molecule has 0 aliphatic rings. The van der Waals surface area contributed by atoms with Gasteiger partial charge in [-0.1, -0.05) is 60.7 Å². The molecule has 0 spiro atoms. The van der Waals surface area contributed by atoms with E-state index in [0.717, 1.165) is 11.1 Å². The molecule has 0 amide bonds. The van der Waals surface area contributed by atoms with Gasteiger partial charge in [0.05, 0.1) is 12.1 Å². The summed E-state index contributed by atoms with van der Waals surface area (Å²) < 4.78 is 0. The van der Waals surface area contributed by atoms with E-state index in [2.05, 4.69) is 5.48 Å². The van der Waals surface area contributed by atoms with Crippen LogP contribution in [0.15, 0.2) is 60.7 Å². The van der Waals surface area contributed by atoms with Gasteiger partial charge in [-0.05, 0) is 11.1 Å².